The smallest absolute Gasteiger partial charge is 0.232 e. The Kier molecular flexibility index (Phi) is 6.04. The van der Waals surface area contributed by atoms with Crippen LogP contribution in [0.3, 0.4) is 0 Å². The second-order valence-electron chi connectivity index (χ2n) is 3.86. The molecule has 0 heterocycles. The first-order valence-electron chi connectivity index (χ1n) is 5.55. The quantitative estimate of drug-likeness (QED) is 0.750. The van der Waals surface area contributed by atoms with Gasteiger partial charge >= 0.3 is 0 Å². The van der Waals surface area contributed by atoms with Crippen molar-refractivity contribution in [2.24, 2.45) is 0 Å². The van der Waals surface area contributed by atoms with Gasteiger partial charge in [-0.15, -0.1) is 0 Å². The van der Waals surface area contributed by atoms with Crippen molar-refractivity contribution in [2.45, 2.75) is 12.8 Å². The molecule has 0 amide bonds. The molecule has 0 atom stereocenters. The fourth-order valence-corrected chi connectivity index (χ4v) is 3.06. The Labute approximate surface area is 115 Å². The molecule has 102 valence electrons. The van der Waals surface area contributed by atoms with Crippen LogP contribution >= 0.6 is 15.9 Å². The molecule has 7 heteroatoms. The van der Waals surface area contributed by atoms with Gasteiger partial charge in [0, 0.05) is 4.47 Å². The highest BCUT2D eigenvalue weighted by atomic mass is 79.9. The summed E-state index contributed by atoms with van der Waals surface area (Å²) in [5, 5.41) is 2.95. The average Bonchev–Trinajstić information content (AvgIpc) is 2.29. The van der Waals surface area contributed by atoms with E-state index in [1.54, 1.807) is 0 Å². The first-order valence-corrected chi connectivity index (χ1v) is 7.99. The van der Waals surface area contributed by atoms with E-state index in [1.807, 2.05) is 7.05 Å². The number of hydrogen-bond donors (Lipinski definition) is 2. The standard InChI is InChI=1S/C11H16BrFN2O2S/c1-14-6-2-3-7-18(16,17)15-11-8-9(13)4-5-10(11)12/h4-5,8,14-15H,2-3,6-7H2,1H3. The van der Waals surface area contributed by atoms with Crippen molar-refractivity contribution < 1.29 is 12.8 Å². The molecule has 1 rings (SSSR count). The van der Waals surface area contributed by atoms with E-state index >= 15 is 0 Å². The lowest BCUT2D eigenvalue weighted by molar-refractivity contribution is 0.595. The van der Waals surface area contributed by atoms with Crippen LogP contribution in [-0.2, 0) is 10.0 Å². The van der Waals surface area contributed by atoms with Crippen LogP contribution in [0.1, 0.15) is 12.8 Å². The Morgan fingerprint density at radius 1 is 1.33 bits per heavy atom. The number of halogens is 2. The molecule has 0 aromatic heterocycles. The number of rotatable bonds is 7. The predicted molar refractivity (Wildman–Crippen MR) is 74.7 cm³/mol. The van der Waals surface area contributed by atoms with Gasteiger partial charge in [0.2, 0.25) is 10.0 Å². The molecule has 0 bridgehead atoms. The van der Waals surface area contributed by atoms with Crippen molar-refractivity contribution in [3.8, 4) is 0 Å². The highest BCUT2D eigenvalue weighted by molar-refractivity contribution is 9.10. The van der Waals surface area contributed by atoms with Gasteiger partial charge in [0.1, 0.15) is 5.82 Å². The molecule has 18 heavy (non-hydrogen) atoms. The SMILES string of the molecule is CNCCCCS(=O)(=O)Nc1cc(F)ccc1Br. The minimum atomic E-state index is -3.43. The van der Waals surface area contributed by atoms with Gasteiger partial charge < -0.3 is 5.32 Å². The van der Waals surface area contributed by atoms with Crippen LogP contribution in [0.15, 0.2) is 22.7 Å². The van der Waals surface area contributed by atoms with Gasteiger partial charge in [0.15, 0.2) is 0 Å². The van der Waals surface area contributed by atoms with Gasteiger partial charge in [0.25, 0.3) is 0 Å². The van der Waals surface area contributed by atoms with E-state index in [1.165, 1.54) is 12.1 Å². The Morgan fingerprint density at radius 3 is 2.72 bits per heavy atom. The van der Waals surface area contributed by atoms with E-state index in [0.717, 1.165) is 19.0 Å². The van der Waals surface area contributed by atoms with E-state index in [9.17, 15) is 12.8 Å². The molecule has 0 unspecified atom stereocenters. The fourth-order valence-electron chi connectivity index (χ4n) is 1.39. The monoisotopic (exact) mass is 338 g/mol. The summed E-state index contributed by atoms with van der Waals surface area (Å²) in [7, 11) is -1.61. The van der Waals surface area contributed by atoms with Crippen molar-refractivity contribution in [3.05, 3.63) is 28.5 Å². The van der Waals surface area contributed by atoms with Crippen LogP contribution in [0.5, 0.6) is 0 Å². The maximum Gasteiger partial charge on any atom is 0.232 e. The van der Waals surface area contributed by atoms with Crippen LogP contribution in [-0.4, -0.2) is 27.8 Å². The van der Waals surface area contributed by atoms with Crippen molar-refractivity contribution in [1.82, 2.24) is 5.32 Å². The molecule has 0 saturated heterocycles. The van der Waals surface area contributed by atoms with Gasteiger partial charge in [-0.05, 0) is 60.6 Å². The molecule has 4 nitrogen and oxygen atoms in total. The third kappa shape index (κ3) is 5.32. The number of unbranched alkanes of at least 4 members (excludes halogenated alkanes) is 1. The molecule has 0 fully saturated rings. The molecule has 0 spiro atoms. The maximum atomic E-state index is 13.0. The van der Waals surface area contributed by atoms with Gasteiger partial charge in [0.05, 0.1) is 11.4 Å². The second-order valence-corrected chi connectivity index (χ2v) is 6.55. The van der Waals surface area contributed by atoms with Crippen LogP contribution < -0.4 is 10.0 Å². The van der Waals surface area contributed by atoms with Crippen molar-refractivity contribution in [2.75, 3.05) is 24.1 Å². The van der Waals surface area contributed by atoms with E-state index in [0.29, 0.717) is 10.9 Å². The Hall–Kier alpha value is -0.660. The molecule has 1 aromatic rings. The fraction of sp³-hybridized carbons (Fsp3) is 0.455. The summed E-state index contributed by atoms with van der Waals surface area (Å²) in [4.78, 5) is 0. The lowest BCUT2D eigenvalue weighted by Crippen LogP contribution is -2.18. The van der Waals surface area contributed by atoms with E-state index in [4.69, 9.17) is 0 Å². The molecule has 0 aliphatic rings. The van der Waals surface area contributed by atoms with Gasteiger partial charge in [-0.2, -0.15) is 0 Å². The summed E-state index contributed by atoms with van der Waals surface area (Å²) < 4.78 is 39.4. The Morgan fingerprint density at radius 2 is 2.06 bits per heavy atom. The van der Waals surface area contributed by atoms with Crippen molar-refractivity contribution in [3.63, 3.8) is 0 Å². The predicted octanol–water partition coefficient (Wildman–Crippen LogP) is 2.33. The van der Waals surface area contributed by atoms with Crippen molar-refractivity contribution in [1.29, 1.82) is 0 Å². The normalized spacial score (nSPS) is 11.5. The van der Waals surface area contributed by atoms with E-state index in [2.05, 4.69) is 26.0 Å². The lowest BCUT2D eigenvalue weighted by atomic mass is 10.3. The van der Waals surface area contributed by atoms with Crippen LogP contribution in [0, 0.1) is 5.82 Å². The number of sulfonamides is 1. The number of nitrogens with one attached hydrogen (secondary N) is 2. The third-order valence-electron chi connectivity index (χ3n) is 2.28. The summed E-state index contributed by atoms with van der Waals surface area (Å²) in [5.41, 5.74) is 0.226. The first-order chi connectivity index (χ1) is 8.44. The maximum absolute atomic E-state index is 13.0. The minimum absolute atomic E-state index is 0.0254. The zero-order valence-electron chi connectivity index (χ0n) is 10.0. The highest BCUT2D eigenvalue weighted by Gasteiger charge is 2.12. The molecule has 1 aromatic carbocycles. The summed E-state index contributed by atoms with van der Waals surface area (Å²) >= 11 is 3.17. The van der Waals surface area contributed by atoms with E-state index in [-0.39, 0.29) is 11.4 Å². The molecule has 2 N–H and O–H groups in total. The number of benzene rings is 1. The highest BCUT2D eigenvalue weighted by Crippen LogP contribution is 2.24. The average molecular weight is 339 g/mol. The molecule has 0 aliphatic heterocycles. The van der Waals surface area contributed by atoms with Crippen LogP contribution in [0.4, 0.5) is 10.1 Å². The largest absolute Gasteiger partial charge is 0.320 e. The van der Waals surface area contributed by atoms with Gasteiger partial charge in [-0.1, -0.05) is 0 Å². The van der Waals surface area contributed by atoms with E-state index < -0.39 is 15.8 Å². The molecular weight excluding hydrogens is 323 g/mol. The Bertz CT molecular complexity index is 494. The summed E-state index contributed by atoms with van der Waals surface area (Å²) in [6.07, 6.45) is 1.34. The summed E-state index contributed by atoms with van der Waals surface area (Å²) in [6, 6.07) is 3.87. The Balaban J connectivity index is 2.62. The summed E-state index contributed by atoms with van der Waals surface area (Å²) in [5.74, 6) is -0.455. The summed E-state index contributed by atoms with van der Waals surface area (Å²) in [6.45, 7) is 0.777. The molecule has 0 radical (unpaired) electrons. The number of hydrogen-bond acceptors (Lipinski definition) is 3. The van der Waals surface area contributed by atoms with Crippen molar-refractivity contribution >= 4 is 31.6 Å². The van der Waals surface area contributed by atoms with Crippen LogP contribution in [0.25, 0.3) is 0 Å². The van der Waals surface area contributed by atoms with Crippen LogP contribution in [0.2, 0.25) is 0 Å². The third-order valence-corrected chi connectivity index (χ3v) is 4.33. The zero-order valence-corrected chi connectivity index (χ0v) is 12.4. The zero-order chi connectivity index (χ0) is 13.6. The second kappa shape index (κ2) is 7.06. The molecule has 0 saturated carbocycles. The topological polar surface area (TPSA) is 58.2 Å². The van der Waals surface area contributed by atoms with Gasteiger partial charge in [-0.3, -0.25) is 4.72 Å². The first kappa shape index (κ1) is 15.4. The number of anilines is 1. The molecular formula is C11H16BrFN2O2S. The minimum Gasteiger partial charge on any atom is -0.320 e. The van der Waals surface area contributed by atoms with Gasteiger partial charge in [-0.25, -0.2) is 12.8 Å². The lowest BCUT2D eigenvalue weighted by Gasteiger charge is -2.09. The molecule has 0 aliphatic carbocycles.